The average molecular weight is 319 g/mol. The van der Waals surface area contributed by atoms with Gasteiger partial charge < -0.3 is 10.2 Å². The molecule has 1 fully saturated rings. The van der Waals surface area contributed by atoms with Gasteiger partial charge in [-0.3, -0.25) is 0 Å². The number of carbonyl (C=O) groups is 1. The van der Waals surface area contributed by atoms with Crippen LogP contribution in [0, 0.1) is 6.92 Å². The van der Waals surface area contributed by atoms with Gasteiger partial charge in [0.15, 0.2) is 5.17 Å². The van der Waals surface area contributed by atoms with Crippen LogP contribution >= 0.6 is 11.8 Å². The zero-order valence-corrected chi connectivity index (χ0v) is 14.8. The van der Waals surface area contributed by atoms with Crippen molar-refractivity contribution in [2.45, 2.75) is 46.6 Å². The summed E-state index contributed by atoms with van der Waals surface area (Å²) in [5, 5.41) is 3.62. The Morgan fingerprint density at radius 1 is 1.32 bits per heavy atom. The minimum absolute atomic E-state index is 0.0990. The SMILES string of the molecule is Cc1ccc(C(C)C)c(N2CCSC2=NC(=O)NC(C)C)c1. The molecule has 5 heteroatoms. The second-order valence-electron chi connectivity index (χ2n) is 6.22. The number of nitrogens with one attached hydrogen (secondary N) is 1. The summed E-state index contributed by atoms with van der Waals surface area (Å²) in [6.45, 7) is 11.3. The maximum Gasteiger partial charge on any atom is 0.343 e. The monoisotopic (exact) mass is 319 g/mol. The Kier molecular flexibility index (Phi) is 5.51. The molecule has 2 rings (SSSR count). The first-order valence-electron chi connectivity index (χ1n) is 7.78. The number of amidine groups is 1. The molecule has 1 aromatic rings. The standard InChI is InChI=1S/C17H25N3OS/c1-11(2)14-7-6-13(5)10-15(14)20-8-9-22-17(20)19-16(21)18-12(3)4/h6-7,10-12H,8-9H2,1-5H3,(H,18,21). The van der Waals surface area contributed by atoms with Gasteiger partial charge in [0.05, 0.1) is 0 Å². The molecule has 1 saturated heterocycles. The van der Waals surface area contributed by atoms with Gasteiger partial charge in [-0.15, -0.1) is 0 Å². The van der Waals surface area contributed by atoms with E-state index >= 15 is 0 Å². The number of benzene rings is 1. The summed E-state index contributed by atoms with van der Waals surface area (Å²) in [5.41, 5.74) is 3.70. The van der Waals surface area contributed by atoms with E-state index in [1.807, 2.05) is 13.8 Å². The first-order chi connectivity index (χ1) is 10.4. The predicted molar refractivity (Wildman–Crippen MR) is 96.2 cm³/mol. The van der Waals surface area contributed by atoms with Crippen LogP contribution < -0.4 is 10.2 Å². The summed E-state index contributed by atoms with van der Waals surface area (Å²) in [4.78, 5) is 18.4. The van der Waals surface area contributed by atoms with Crippen LogP contribution in [0.3, 0.4) is 0 Å². The van der Waals surface area contributed by atoms with E-state index in [0.717, 1.165) is 17.5 Å². The topological polar surface area (TPSA) is 44.7 Å². The van der Waals surface area contributed by atoms with E-state index in [1.54, 1.807) is 11.8 Å². The molecule has 0 radical (unpaired) electrons. The van der Waals surface area contributed by atoms with E-state index in [-0.39, 0.29) is 12.1 Å². The van der Waals surface area contributed by atoms with Gasteiger partial charge in [0.2, 0.25) is 0 Å². The highest BCUT2D eigenvalue weighted by molar-refractivity contribution is 8.14. The van der Waals surface area contributed by atoms with Crippen LogP contribution in [0.4, 0.5) is 10.5 Å². The minimum Gasteiger partial charge on any atom is -0.334 e. The molecule has 1 aromatic carbocycles. The van der Waals surface area contributed by atoms with E-state index in [0.29, 0.717) is 5.92 Å². The highest BCUT2D eigenvalue weighted by Crippen LogP contribution is 2.33. The summed E-state index contributed by atoms with van der Waals surface area (Å²) in [6, 6.07) is 6.36. The Labute approximate surface area is 137 Å². The van der Waals surface area contributed by atoms with Gasteiger partial charge in [0.1, 0.15) is 0 Å². The maximum atomic E-state index is 11.9. The Morgan fingerprint density at radius 3 is 2.68 bits per heavy atom. The third-order valence-corrected chi connectivity index (χ3v) is 4.44. The van der Waals surface area contributed by atoms with Gasteiger partial charge in [-0.2, -0.15) is 4.99 Å². The lowest BCUT2D eigenvalue weighted by atomic mass is 9.99. The number of hydrogen-bond donors (Lipinski definition) is 1. The van der Waals surface area contributed by atoms with Gasteiger partial charge in [-0.1, -0.05) is 37.7 Å². The quantitative estimate of drug-likeness (QED) is 0.910. The van der Waals surface area contributed by atoms with Crippen LogP contribution in [-0.4, -0.2) is 29.5 Å². The molecule has 22 heavy (non-hydrogen) atoms. The number of thioether (sulfide) groups is 1. The molecule has 1 aliphatic heterocycles. The number of nitrogens with zero attached hydrogens (tertiary/aromatic N) is 2. The maximum absolute atomic E-state index is 11.9. The number of urea groups is 1. The first kappa shape index (κ1) is 16.9. The molecule has 0 saturated carbocycles. The van der Waals surface area contributed by atoms with Gasteiger partial charge in [-0.05, 0) is 43.9 Å². The van der Waals surface area contributed by atoms with Crippen molar-refractivity contribution in [3.05, 3.63) is 29.3 Å². The molecule has 4 nitrogen and oxygen atoms in total. The third kappa shape index (κ3) is 4.03. The lowest BCUT2D eigenvalue weighted by Gasteiger charge is -2.23. The molecule has 1 heterocycles. The van der Waals surface area contributed by atoms with Crippen molar-refractivity contribution in [2.24, 2.45) is 4.99 Å². The number of amides is 2. The smallest absolute Gasteiger partial charge is 0.334 e. The Morgan fingerprint density at radius 2 is 2.05 bits per heavy atom. The minimum atomic E-state index is -0.261. The fraction of sp³-hybridized carbons (Fsp3) is 0.529. The highest BCUT2D eigenvalue weighted by atomic mass is 32.2. The molecule has 2 amide bonds. The van der Waals surface area contributed by atoms with Crippen LogP contribution in [0.1, 0.15) is 44.7 Å². The fourth-order valence-electron chi connectivity index (χ4n) is 2.46. The van der Waals surface area contributed by atoms with Crippen molar-refractivity contribution in [3.63, 3.8) is 0 Å². The number of hydrogen-bond acceptors (Lipinski definition) is 2. The molecule has 1 N–H and O–H groups in total. The molecule has 0 spiro atoms. The lowest BCUT2D eigenvalue weighted by Crippen LogP contribution is -2.31. The van der Waals surface area contributed by atoms with Crippen LogP contribution in [0.25, 0.3) is 0 Å². The number of carbonyl (C=O) groups excluding carboxylic acids is 1. The molecule has 0 atom stereocenters. The largest absolute Gasteiger partial charge is 0.343 e. The summed E-state index contributed by atoms with van der Waals surface area (Å²) < 4.78 is 0. The number of anilines is 1. The summed E-state index contributed by atoms with van der Waals surface area (Å²) in [6.07, 6.45) is 0. The molecular formula is C17H25N3OS. The zero-order valence-electron chi connectivity index (χ0n) is 14.0. The lowest BCUT2D eigenvalue weighted by molar-refractivity contribution is 0.247. The van der Waals surface area contributed by atoms with Crippen molar-refractivity contribution in [1.82, 2.24) is 5.32 Å². The second-order valence-corrected chi connectivity index (χ2v) is 7.28. The average Bonchev–Trinajstić information content (AvgIpc) is 2.84. The van der Waals surface area contributed by atoms with E-state index < -0.39 is 0 Å². The summed E-state index contributed by atoms with van der Waals surface area (Å²) in [5.74, 6) is 1.39. The van der Waals surface area contributed by atoms with Crippen LogP contribution in [0.2, 0.25) is 0 Å². The second kappa shape index (κ2) is 7.18. The van der Waals surface area contributed by atoms with Crippen LogP contribution in [0.5, 0.6) is 0 Å². The van der Waals surface area contributed by atoms with Gasteiger partial charge >= 0.3 is 6.03 Å². The Balaban J connectivity index is 2.33. The van der Waals surface area contributed by atoms with Gasteiger partial charge in [0, 0.05) is 24.0 Å². The number of aryl methyl sites for hydroxylation is 1. The van der Waals surface area contributed by atoms with Crippen LogP contribution in [0.15, 0.2) is 23.2 Å². The number of aliphatic imine (C=N–C) groups is 1. The van der Waals surface area contributed by atoms with E-state index in [4.69, 9.17) is 0 Å². The van der Waals surface area contributed by atoms with Crippen molar-refractivity contribution in [1.29, 1.82) is 0 Å². The Hall–Kier alpha value is -1.49. The van der Waals surface area contributed by atoms with Crippen LogP contribution in [-0.2, 0) is 0 Å². The van der Waals surface area contributed by atoms with E-state index in [2.05, 4.69) is 54.2 Å². The molecule has 0 aromatic heterocycles. The zero-order chi connectivity index (χ0) is 16.3. The molecule has 120 valence electrons. The summed E-state index contributed by atoms with van der Waals surface area (Å²) >= 11 is 1.64. The Bertz CT molecular complexity index is 581. The first-order valence-corrected chi connectivity index (χ1v) is 8.77. The van der Waals surface area contributed by atoms with Crippen molar-refractivity contribution < 1.29 is 4.79 Å². The molecule has 0 unspecified atom stereocenters. The summed E-state index contributed by atoms with van der Waals surface area (Å²) in [7, 11) is 0. The van der Waals surface area contributed by atoms with Gasteiger partial charge in [0.25, 0.3) is 0 Å². The predicted octanol–water partition coefficient (Wildman–Crippen LogP) is 4.15. The van der Waals surface area contributed by atoms with Gasteiger partial charge in [-0.25, -0.2) is 4.79 Å². The molecular weight excluding hydrogens is 294 g/mol. The fourth-order valence-corrected chi connectivity index (χ4v) is 3.41. The van der Waals surface area contributed by atoms with E-state index in [1.165, 1.54) is 16.8 Å². The highest BCUT2D eigenvalue weighted by Gasteiger charge is 2.25. The molecule has 1 aliphatic rings. The number of rotatable bonds is 3. The molecule has 0 aliphatic carbocycles. The van der Waals surface area contributed by atoms with Crippen molar-refractivity contribution in [3.8, 4) is 0 Å². The van der Waals surface area contributed by atoms with E-state index in [9.17, 15) is 4.79 Å². The van der Waals surface area contributed by atoms with Crippen molar-refractivity contribution >= 4 is 28.6 Å². The van der Waals surface area contributed by atoms with Crippen molar-refractivity contribution in [2.75, 3.05) is 17.2 Å². The normalized spacial score (nSPS) is 16.9. The third-order valence-electron chi connectivity index (χ3n) is 3.49. The molecule has 0 bridgehead atoms.